The lowest BCUT2D eigenvalue weighted by atomic mass is 9.99. The molecule has 2 aliphatic rings. The van der Waals surface area contributed by atoms with Crippen LogP contribution < -0.4 is 16.0 Å². The monoisotopic (exact) mass is 487 g/mol. The van der Waals surface area contributed by atoms with Crippen LogP contribution >= 0.6 is 15.9 Å². The number of carbonyl (C=O) groups excluding carboxylic acids is 1. The molecule has 2 aliphatic heterocycles. The van der Waals surface area contributed by atoms with Crippen molar-refractivity contribution >= 4 is 33.2 Å². The van der Waals surface area contributed by atoms with E-state index in [0.29, 0.717) is 16.7 Å². The molecular formula is C22H30BrN7O. The van der Waals surface area contributed by atoms with E-state index in [1.807, 2.05) is 6.07 Å². The molecule has 1 unspecified atom stereocenters. The van der Waals surface area contributed by atoms with Gasteiger partial charge in [0.05, 0.1) is 6.20 Å². The van der Waals surface area contributed by atoms with Crippen LogP contribution in [0, 0.1) is 0 Å². The molecule has 2 aromatic heterocycles. The van der Waals surface area contributed by atoms with Crippen molar-refractivity contribution in [2.24, 2.45) is 0 Å². The smallest absolute Gasteiger partial charge is 0.189 e. The number of ketones is 1. The predicted molar refractivity (Wildman–Crippen MR) is 125 cm³/mol. The van der Waals surface area contributed by atoms with E-state index in [0.717, 1.165) is 43.9 Å². The quantitative estimate of drug-likeness (QED) is 0.598. The third-order valence-electron chi connectivity index (χ3n) is 6.22. The molecule has 4 rings (SSSR count). The van der Waals surface area contributed by atoms with Crippen molar-refractivity contribution in [3.05, 3.63) is 40.5 Å². The molecule has 1 atom stereocenters. The first-order chi connectivity index (χ1) is 15.0. The third kappa shape index (κ3) is 5.58. The summed E-state index contributed by atoms with van der Waals surface area (Å²) in [5.41, 5.74) is 8.05. The van der Waals surface area contributed by atoms with E-state index in [2.05, 4.69) is 53.0 Å². The molecule has 3 N–H and O–H groups in total. The summed E-state index contributed by atoms with van der Waals surface area (Å²) in [6.45, 7) is 4.24. The van der Waals surface area contributed by atoms with Gasteiger partial charge in [0.1, 0.15) is 10.3 Å². The minimum Gasteiger partial charge on any atom is -0.382 e. The highest BCUT2D eigenvalue weighted by Crippen LogP contribution is 2.26. The van der Waals surface area contributed by atoms with Crippen molar-refractivity contribution in [2.75, 3.05) is 43.9 Å². The van der Waals surface area contributed by atoms with E-state index in [1.54, 1.807) is 12.4 Å². The fraction of sp³-hybridized carbons (Fsp3) is 0.545. The van der Waals surface area contributed by atoms with Crippen LogP contribution in [0.2, 0.25) is 0 Å². The fourth-order valence-electron chi connectivity index (χ4n) is 4.54. The van der Waals surface area contributed by atoms with Gasteiger partial charge in [0.15, 0.2) is 11.6 Å². The van der Waals surface area contributed by atoms with E-state index in [-0.39, 0.29) is 23.7 Å². The molecule has 0 saturated carbocycles. The zero-order valence-electron chi connectivity index (χ0n) is 17.9. The van der Waals surface area contributed by atoms with Crippen LogP contribution in [-0.4, -0.2) is 70.9 Å². The van der Waals surface area contributed by atoms with E-state index in [4.69, 9.17) is 5.73 Å². The normalized spacial score (nSPS) is 20.7. The Bertz CT molecular complexity index is 916. The number of likely N-dealkylation sites (tertiary alicyclic amines) is 1. The number of hydrogen-bond acceptors (Lipinski definition) is 8. The summed E-state index contributed by atoms with van der Waals surface area (Å²) < 4.78 is 0.496. The van der Waals surface area contributed by atoms with Gasteiger partial charge in [-0.15, -0.1) is 0 Å². The number of piperidine rings is 2. The van der Waals surface area contributed by atoms with Crippen molar-refractivity contribution < 1.29 is 4.79 Å². The van der Waals surface area contributed by atoms with Gasteiger partial charge in [-0.1, -0.05) is 0 Å². The molecule has 0 spiro atoms. The van der Waals surface area contributed by atoms with Gasteiger partial charge < -0.3 is 20.9 Å². The van der Waals surface area contributed by atoms with Crippen molar-refractivity contribution in [3.8, 4) is 0 Å². The number of Topliss-reactive ketones (excluding diaryl/α,β-unsaturated/α-hetero) is 1. The summed E-state index contributed by atoms with van der Waals surface area (Å²) >= 11 is 3.27. The summed E-state index contributed by atoms with van der Waals surface area (Å²) in [4.78, 5) is 30.2. The predicted octanol–water partition coefficient (Wildman–Crippen LogP) is 2.29. The van der Waals surface area contributed by atoms with Crippen LogP contribution in [0.3, 0.4) is 0 Å². The van der Waals surface area contributed by atoms with Gasteiger partial charge in [-0.05, 0) is 67.8 Å². The Morgan fingerprint density at radius 2 is 2.03 bits per heavy atom. The van der Waals surface area contributed by atoms with Crippen LogP contribution in [-0.2, 0) is 6.42 Å². The molecule has 31 heavy (non-hydrogen) atoms. The van der Waals surface area contributed by atoms with E-state index < -0.39 is 0 Å². The number of carbonyl (C=O) groups is 1. The second-order valence-electron chi connectivity index (χ2n) is 8.56. The Morgan fingerprint density at radius 1 is 1.23 bits per heavy atom. The zero-order valence-corrected chi connectivity index (χ0v) is 19.5. The lowest BCUT2D eigenvalue weighted by Crippen LogP contribution is -2.51. The highest BCUT2D eigenvalue weighted by atomic mass is 79.9. The minimum atomic E-state index is -0.154. The molecule has 2 aromatic rings. The molecule has 0 radical (unpaired) electrons. The summed E-state index contributed by atoms with van der Waals surface area (Å²) in [6.07, 6.45) is 9.99. The standard InChI is InChI=1S/C22H30BrN7O/c1-29-9-5-16(6-10-29)27-17-3-2-8-30(14-17)18-4-7-25-12-15(18)11-19(31)21-22(24)26-13-20(23)28-21/h4,7,12-13,16-17,27H,2-3,5-6,8-11,14H2,1H3,(H2,24,26). The lowest BCUT2D eigenvalue weighted by Gasteiger charge is -2.39. The van der Waals surface area contributed by atoms with Crippen LogP contribution in [0.15, 0.2) is 29.3 Å². The van der Waals surface area contributed by atoms with E-state index in [9.17, 15) is 4.79 Å². The Kier molecular flexibility index (Phi) is 7.14. The van der Waals surface area contributed by atoms with Gasteiger partial charge >= 0.3 is 0 Å². The molecule has 0 bridgehead atoms. The third-order valence-corrected chi connectivity index (χ3v) is 6.60. The van der Waals surface area contributed by atoms with E-state index >= 15 is 0 Å². The molecule has 8 nitrogen and oxygen atoms in total. The Hall–Kier alpha value is -2.10. The first kappa shape index (κ1) is 22.1. The number of nitrogens with two attached hydrogens (primary N) is 1. The number of nitrogen functional groups attached to an aromatic ring is 1. The van der Waals surface area contributed by atoms with Crippen molar-refractivity contribution in [1.29, 1.82) is 0 Å². The number of nitrogens with one attached hydrogen (secondary N) is 1. The van der Waals surface area contributed by atoms with Gasteiger partial charge in [0.2, 0.25) is 0 Å². The number of hydrogen-bond donors (Lipinski definition) is 2. The maximum Gasteiger partial charge on any atom is 0.189 e. The van der Waals surface area contributed by atoms with Crippen LogP contribution in [0.4, 0.5) is 11.5 Å². The average Bonchev–Trinajstić information content (AvgIpc) is 2.77. The van der Waals surface area contributed by atoms with Crippen molar-refractivity contribution in [2.45, 2.75) is 44.2 Å². The number of anilines is 2. The first-order valence-electron chi connectivity index (χ1n) is 10.9. The van der Waals surface area contributed by atoms with Crippen molar-refractivity contribution in [3.63, 3.8) is 0 Å². The molecule has 0 amide bonds. The SMILES string of the molecule is CN1CCC(NC2CCCN(c3ccncc3CC(=O)c3nc(Br)cnc3N)C2)CC1. The Morgan fingerprint density at radius 3 is 2.84 bits per heavy atom. The molecule has 2 fully saturated rings. The fourth-order valence-corrected chi connectivity index (χ4v) is 4.82. The van der Waals surface area contributed by atoms with E-state index in [1.165, 1.54) is 25.5 Å². The minimum absolute atomic E-state index is 0.152. The maximum atomic E-state index is 12.9. The van der Waals surface area contributed by atoms with Gasteiger partial charge in [0.25, 0.3) is 0 Å². The highest BCUT2D eigenvalue weighted by molar-refractivity contribution is 9.10. The summed E-state index contributed by atoms with van der Waals surface area (Å²) in [6, 6.07) is 3.07. The van der Waals surface area contributed by atoms with Gasteiger partial charge in [-0.2, -0.15) is 0 Å². The maximum absolute atomic E-state index is 12.9. The lowest BCUT2D eigenvalue weighted by molar-refractivity contribution is 0.0988. The number of nitrogens with zero attached hydrogens (tertiary/aromatic N) is 5. The van der Waals surface area contributed by atoms with Gasteiger partial charge in [-0.3, -0.25) is 9.78 Å². The molecule has 9 heteroatoms. The van der Waals surface area contributed by atoms with Crippen molar-refractivity contribution in [1.82, 2.24) is 25.2 Å². The van der Waals surface area contributed by atoms with Gasteiger partial charge in [-0.25, -0.2) is 9.97 Å². The topological polar surface area (TPSA) is 100 Å². The van der Waals surface area contributed by atoms with Crippen LogP contribution in [0.5, 0.6) is 0 Å². The van der Waals surface area contributed by atoms with Crippen LogP contribution in [0.25, 0.3) is 0 Å². The molecule has 4 heterocycles. The molecule has 166 valence electrons. The van der Waals surface area contributed by atoms with Crippen LogP contribution in [0.1, 0.15) is 41.7 Å². The molecule has 2 saturated heterocycles. The summed E-state index contributed by atoms with van der Waals surface area (Å²) in [5, 5.41) is 3.89. The summed E-state index contributed by atoms with van der Waals surface area (Å²) in [5.74, 6) is -0.00226. The largest absolute Gasteiger partial charge is 0.382 e. The second kappa shape index (κ2) is 10.0. The number of rotatable bonds is 6. The number of aromatic nitrogens is 3. The first-order valence-corrected chi connectivity index (χ1v) is 11.7. The molecule has 0 aromatic carbocycles. The average molecular weight is 488 g/mol. The zero-order chi connectivity index (χ0) is 21.8. The Labute approximate surface area is 191 Å². The number of halogens is 1. The van der Waals surface area contributed by atoms with Gasteiger partial charge in [0, 0.05) is 55.2 Å². The number of pyridine rings is 1. The summed E-state index contributed by atoms with van der Waals surface area (Å²) in [7, 11) is 2.19. The Balaban J connectivity index is 1.45. The molecule has 0 aliphatic carbocycles. The highest BCUT2D eigenvalue weighted by Gasteiger charge is 2.26. The second-order valence-corrected chi connectivity index (χ2v) is 9.37. The molecular weight excluding hydrogens is 458 g/mol.